The zero-order chi connectivity index (χ0) is 13.1. The Hall–Kier alpha value is -0.940. The van der Waals surface area contributed by atoms with Crippen molar-refractivity contribution in [1.29, 1.82) is 0 Å². The van der Waals surface area contributed by atoms with Crippen LogP contribution >= 0.6 is 15.9 Å². The molecule has 0 saturated heterocycles. The van der Waals surface area contributed by atoms with Crippen molar-refractivity contribution in [2.75, 3.05) is 6.61 Å². The Balaban J connectivity index is 2.05. The summed E-state index contributed by atoms with van der Waals surface area (Å²) in [5.41, 5.74) is 0.305. The average Bonchev–Trinajstić information content (AvgIpc) is 2.79. The van der Waals surface area contributed by atoms with E-state index in [0.717, 1.165) is 19.3 Å². The van der Waals surface area contributed by atoms with Crippen LogP contribution in [0.25, 0.3) is 0 Å². The molecule has 0 spiro atoms. The van der Waals surface area contributed by atoms with Gasteiger partial charge in [-0.1, -0.05) is 6.42 Å². The topological polar surface area (TPSA) is 49.3 Å². The Bertz CT molecular complexity index is 453. The molecule has 2 N–H and O–H groups in total. The quantitative estimate of drug-likeness (QED) is 0.900. The monoisotopic (exact) mass is 315 g/mol. The molecule has 1 aliphatic rings. The second kappa shape index (κ2) is 5.80. The van der Waals surface area contributed by atoms with E-state index < -0.39 is 5.82 Å². The molecule has 0 heterocycles. The van der Waals surface area contributed by atoms with Gasteiger partial charge in [0.25, 0.3) is 5.91 Å². The number of benzene rings is 1. The van der Waals surface area contributed by atoms with Crippen molar-refractivity contribution in [1.82, 2.24) is 5.32 Å². The molecule has 2 rings (SSSR count). The van der Waals surface area contributed by atoms with Gasteiger partial charge in [0.05, 0.1) is 4.47 Å². The van der Waals surface area contributed by atoms with Crippen LogP contribution in [0.4, 0.5) is 4.39 Å². The van der Waals surface area contributed by atoms with Crippen molar-refractivity contribution in [3.63, 3.8) is 0 Å². The van der Waals surface area contributed by atoms with Gasteiger partial charge in [0.15, 0.2) is 0 Å². The standard InChI is InChI=1S/C13H15BrFNO2/c14-10-5-4-8(6-11(10)15)13(18)16-12-3-1-2-9(12)7-17/h4-6,9,12,17H,1-3,7H2,(H,16,18). The minimum Gasteiger partial charge on any atom is -0.396 e. The second-order valence-electron chi connectivity index (χ2n) is 4.58. The van der Waals surface area contributed by atoms with Crippen LogP contribution in [0.5, 0.6) is 0 Å². The van der Waals surface area contributed by atoms with E-state index >= 15 is 0 Å². The fourth-order valence-corrected chi connectivity index (χ4v) is 2.58. The summed E-state index contributed by atoms with van der Waals surface area (Å²) in [7, 11) is 0. The summed E-state index contributed by atoms with van der Waals surface area (Å²) in [4.78, 5) is 12.0. The number of aliphatic hydroxyl groups excluding tert-OH is 1. The van der Waals surface area contributed by atoms with Crippen molar-refractivity contribution in [3.8, 4) is 0 Å². The highest BCUT2D eigenvalue weighted by Gasteiger charge is 2.28. The lowest BCUT2D eigenvalue weighted by atomic mass is 10.0. The Morgan fingerprint density at radius 1 is 1.50 bits per heavy atom. The third-order valence-corrected chi connectivity index (χ3v) is 4.03. The number of carbonyl (C=O) groups excluding carboxylic acids is 1. The second-order valence-corrected chi connectivity index (χ2v) is 5.44. The number of nitrogens with one attached hydrogen (secondary N) is 1. The van der Waals surface area contributed by atoms with Gasteiger partial charge in [-0.3, -0.25) is 4.79 Å². The predicted molar refractivity (Wildman–Crippen MR) is 69.8 cm³/mol. The highest BCUT2D eigenvalue weighted by Crippen LogP contribution is 2.25. The van der Waals surface area contributed by atoms with Gasteiger partial charge in [0.1, 0.15) is 5.82 Å². The lowest BCUT2D eigenvalue weighted by Gasteiger charge is -2.19. The van der Waals surface area contributed by atoms with E-state index in [4.69, 9.17) is 0 Å². The van der Waals surface area contributed by atoms with Gasteiger partial charge >= 0.3 is 0 Å². The van der Waals surface area contributed by atoms with Crippen molar-refractivity contribution in [2.24, 2.45) is 5.92 Å². The number of amides is 1. The summed E-state index contributed by atoms with van der Waals surface area (Å²) in [5, 5.41) is 12.0. The molecular formula is C13H15BrFNO2. The summed E-state index contributed by atoms with van der Waals surface area (Å²) in [6.45, 7) is 0.0830. The first-order valence-corrected chi connectivity index (χ1v) is 6.78. The fourth-order valence-electron chi connectivity index (χ4n) is 2.33. The van der Waals surface area contributed by atoms with Crippen LogP contribution in [0.3, 0.4) is 0 Å². The lowest BCUT2D eigenvalue weighted by molar-refractivity contribution is 0.0915. The van der Waals surface area contributed by atoms with E-state index in [0.29, 0.717) is 10.0 Å². The summed E-state index contributed by atoms with van der Waals surface area (Å²) in [5.74, 6) is -0.617. The molecule has 1 aromatic rings. The zero-order valence-electron chi connectivity index (χ0n) is 9.83. The number of hydrogen-bond acceptors (Lipinski definition) is 2. The molecule has 0 aromatic heterocycles. The Labute approximate surface area is 114 Å². The Morgan fingerprint density at radius 3 is 2.94 bits per heavy atom. The van der Waals surface area contributed by atoms with E-state index in [1.54, 1.807) is 6.07 Å². The Kier molecular flexibility index (Phi) is 4.35. The van der Waals surface area contributed by atoms with E-state index in [1.165, 1.54) is 12.1 Å². The molecule has 0 radical (unpaired) electrons. The summed E-state index contributed by atoms with van der Waals surface area (Å²) >= 11 is 3.05. The number of aliphatic hydroxyl groups is 1. The fraction of sp³-hybridized carbons (Fsp3) is 0.462. The SMILES string of the molecule is O=C(NC1CCCC1CO)c1ccc(Br)c(F)c1. The third-order valence-electron chi connectivity index (χ3n) is 3.39. The van der Waals surface area contributed by atoms with E-state index in [9.17, 15) is 14.3 Å². The van der Waals surface area contributed by atoms with Gasteiger partial charge in [-0.15, -0.1) is 0 Å². The summed E-state index contributed by atoms with van der Waals surface area (Å²) in [6, 6.07) is 4.30. The van der Waals surface area contributed by atoms with E-state index in [2.05, 4.69) is 21.2 Å². The summed E-state index contributed by atoms with van der Waals surface area (Å²) in [6.07, 6.45) is 2.80. The number of hydrogen-bond donors (Lipinski definition) is 2. The van der Waals surface area contributed by atoms with Gasteiger partial charge in [0, 0.05) is 24.1 Å². The van der Waals surface area contributed by atoms with Crippen molar-refractivity contribution in [2.45, 2.75) is 25.3 Å². The normalized spacial score (nSPS) is 23.1. The van der Waals surface area contributed by atoms with Crippen LogP contribution in [-0.2, 0) is 0 Å². The smallest absolute Gasteiger partial charge is 0.251 e. The Morgan fingerprint density at radius 2 is 2.28 bits per heavy atom. The molecule has 1 amide bonds. The van der Waals surface area contributed by atoms with Gasteiger partial charge in [-0.25, -0.2) is 4.39 Å². The van der Waals surface area contributed by atoms with Gasteiger partial charge < -0.3 is 10.4 Å². The largest absolute Gasteiger partial charge is 0.396 e. The molecule has 2 atom stereocenters. The molecule has 1 aromatic carbocycles. The predicted octanol–water partition coefficient (Wildman–Crippen LogP) is 2.48. The van der Waals surface area contributed by atoms with Crippen LogP contribution < -0.4 is 5.32 Å². The van der Waals surface area contributed by atoms with Crippen LogP contribution in [0.1, 0.15) is 29.6 Å². The van der Waals surface area contributed by atoms with E-state index in [-0.39, 0.29) is 24.5 Å². The lowest BCUT2D eigenvalue weighted by Crippen LogP contribution is -2.38. The number of halogens is 2. The molecule has 98 valence electrons. The maximum absolute atomic E-state index is 13.3. The van der Waals surface area contributed by atoms with Crippen molar-refractivity contribution in [3.05, 3.63) is 34.1 Å². The van der Waals surface area contributed by atoms with Crippen LogP contribution in [0.15, 0.2) is 22.7 Å². The molecule has 1 aliphatic carbocycles. The van der Waals surface area contributed by atoms with Crippen molar-refractivity contribution < 1.29 is 14.3 Å². The van der Waals surface area contributed by atoms with Crippen LogP contribution in [0, 0.1) is 11.7 Å². The van der Waals surface area contributed by atoms with Gasteiger partial charge in [0.2, 0.25) is 0 Å². The average molecular weight is 316 g/mol. The summed E-state index contributed by atoms with van der Waals surface area (Å²) < 4.78 is 13.7. The first kappa shape index (κ1) is 13.5. The third kappa shape index (κ3) is 2.90. The van der Waals surface area contributed by atoms with E-state index in [1.807, 2.05) is 0 Å². The zero-order valence-corrected chi connectivity index (χ0v) is 11.4. The van der Waals surface area contributed by atoms with Crippen molar-refractivity contribution >= 4 is 21.8 Å². The highest BCUT2D eigenvalue weighted by atomic mass is 79.9. The van der Waals surface area contributed by atoms with Crippen LogP contribution in [0.2, 0.25) is 0 Å². The number of rotatable bonds is 3. The first-order chi connectivity index (χ1) is 8.61. The molecule has 5 heteroatoms. The van der Waals surface area contributed by atoms with Gasteiger partial charge in [-0.05, 0) is 47.0 Å². The maximum atomic E-state index is 13.3. The molecule has 0 aliphatic heterocycles. The number of carbonyl (C=O) groups is 1. The first-order valence-electron chi connectivity index (χ1n) is 5.98. The molecule has 18 heavy (non-hydrogen) atoms. The van der Waals surface area contributed by atoms with Crippen LogP contribution in [-0.4, -0.2) is 23.7 Å². The molecule has 1 saturated carbocycles. The molecule has 2 unspecified atom stereocenters. The van der Waals surface area contributed by atoms with Gasteiger partial charge in [-0.2, -0.15) is 0 Å². The minimum atomic E-state index is -0.451. The molecular weight excluding hydrogens is 301 g/mol. The molecule has 1 fully saturated rings. The maximum Gasteiger partial charge on any atom is 0.251 e. The molecule has 3 nitrogen and oxygen atoms in total. The minimum absolute atomic E-state index is 0.00536. The highest BCUT2D eigenvalue weighted by molar-refractivity contribution is 9.10. The molecule has 0 bridgehead atoms.